The van der Waals surface area contributed by atoms with Crippen molar-refractivity contribution in [2.45, 2.75) is 12.3 Å². The number of carboxylic acids is 1. The maximum Gasteiger partial charge on any atom is 0.304 e. The zero-order valence-electron chi connectivity index (χ0n) is 9.36. The monoisotopic (exact) mass is 267 g/mol. The van der Waals surface area contributed by atoms with Crippen molar-refractivity contribution >= 4 is 17.6 Å². The third kappa shape index (κ3) is 2.71. The molecule has 2 N–H and O–H groups in total. The summed E-state index contributed by atoms with van der Waals surface area (Å²) < 4.78 is 13.1. The second kappa shape index (κ2) is 5.23. The van der Waals surface area contributed by atoms with E-state index in [-0.39, 0.29) is 17.4 Å². The molecule has 0 aliphatic rings. The van der Waals surface area contributed by atoms with Crippen LogP contribution in [-0.4, -0.2) is 16.1 Å². The zero-order valence-corrected chi connectivity index (χ0v) is 10.1. The maximum atomic E-state index is 13.1. The molecule has 0 aliphatic heterocycles. The van der Waals surface area contributed by atoms with Gasteiger partial charge in [-0.25, -0.2) is 4.39 Å². The number of aromatic nitrogens is 1. The number of rotatable bonds is 4. The molecule has 1 aromatic heterocycles. The van der Waals surface area contributed by atoms with Crippen LogP contribution in [0.2, 0.25) is 5.02 Å². The molecule has 1 atom stereocenters. The van der Waals surface area contributed by atoms with E-state index in [0.29, 0.717) is 5.56 Å². The molecule has 1 heterocycles. The van der Waals surface area contributed by atoms with Gasteiger partial charge in [0.25, 0.3) is 0 Å². The van der Waals surface area contributed by atoms with Crippen molar-refractivity contribution in [1.82, 2.24) is 4.98 Å². The molecule has 0 spiro atoms. The van der Waals surface area contributed by atoms with Crippen molar-refractivity contribution in [3.05, 3.63) is 58.6 Å². The topological polar surface area (TPSA) is 53.1 Å². The molecule has 0 bridgehead atoms. The normalized spacial score (nSPS) is 12.3. The van der Waals surface area contributed by atoms with Gasteiger partial charge < -0.3 is 10.1 Å². The van der Waals surface area contributed by atoms with Crippen LogP contribution < -0.4 is 0 Å². The van der Waals surface area contributed by atoms with E-state index >= 15 is 0 Å². The van der Waals surface area contributed by atoms with Gasteiger partial charge in [-0.2, -0.15) is 0 Å². The van der Waals surface area contributed by atoms with Crippen LogP contribution >= 0.6 is 11.6 Å². The number of halogens is 2. The van der Waals surface area contributed by atoms with Gasteiger partial charge >= 0.3 is 5.97 Å². The molecular weight excluding hydrogens is 257 g/mol. The molecule has 2 aromatic rings. The van der Waals surface area contributed by atoms with Gasteiger partial charge in [-0.3, -0.25) is 4.79 Å². The lowest BCUT2D eigenvalue weighted by molar-refractivity contribution is -0.137. The van der Waals surface area contributed by atoms with Crippen molar-refractivity contribution in [1.29, 1.82) is 0 Å². The fourth-order valence-electron chi connectivity index (χ4n) is 1.89. The van der Waals surface area contributed by atoms with Gasteiger partial charge in [0.2, 0.25) is 0 Å². The Balaban J connectivity index is 2.39. The molecule has 0 amide bonds. The van der Waals surface area contributed by atoms with E-state index in [1.807, 2.05) is 0 Å². The first-order valence-electron chi connectivity index (χ1n) is 5.37. The second-order valence-corrected chi connectivity index (χ2v) is 4.38. The number of nitrogens with one attached hydrogen (secondary N) is 1. The van der Waals surface area contributed by atoms with Crippen molar-refractivity contribution in [3.8, 4) is 0 Å². The predicted molar refractivity (Wildman–Crippen MR) is 66.3 cm³/mol. The third-order valence-electron chi connectivity index (χ3n) is 2.75. The summed E-state index contributed by atoms with van der Waals surface area (Å²) >= 11 is 5.73. The van der Waals surface area contributed by atoms with Gasteiger partial charge in [0.05, 0.1) is 11.4 Å². The summed E-state index contributed by atoms with van der Waals surface area (Å²) in [7, 11) is 0. The number of hydrogen-bond donors (Lipinski definition) is 2. The molecule has 0 aliphatic carbocycles. The van der Waals surface area contributed by atoms with Crippen molar-refractivity contribution in [2.75, 3.05) is 0 Å². The molecular formula is C13H11ClFNO2. The first-order valence-corrected chi connectivity index (χ1v) is 5.75. The van der Waals surface area contributed by atoms with Gasteiger partial charge in [-0.15, -0.1) is 0 Å². The summed E-state index contributed by atoms with van der Waals surface area (Å²) in [5.41, 5.74) is 1.52. The first kappa shape index (κ1) is 12.6. The summed E-state index contributed by atoms with van der Waals surface area (Å²) in [5.74, 6) is -1.77. The van der Waals surface area contributed by atoms with E-state index in [9.17, 15) is 9.18 Å². The molecule has 2 rings (SSSR count). The number of aromatic amines is 1. The average molecular weight is 268 g/mol. The van der Waals surface area contributed by atoms with Crippen LogP contribution in [0.3, 0.4) is 0 Å². The van der Waals surface area contributed by atoms with Gasteiger partial charge in [0.1, 0.15) is 5.82 Å². The molecule has 94 valence electrons. The van der Waals surface area contributed by atoms with Crippen molar-refractivity contribution in [3.63, 3.8) is 0 Å². The standard InChI is InChI=1S/C13H11ClFNO2/c14-11-5-8(1-2-12(11)15)10(6-13(17)18)9-3-4-16-7-9/h1-5,7,10,16H,6H2,(H,17,18). The highest BCUT2D eigenvalue weighted by Gasteiger charge is 2.19. The minimum absolute atomic E-state index is 0.00146. The van der Waals surface area contributed by atoms with Crippen LogP contribution in [0.4, 0.5) is 4.39 Å². The smallest absolute Gasteiger partial charge is 0.304 e. The Labute approximate surface area is 108 Å². The summed E-state index contributed by atoms with van der Waals surface area (Å²) in [5, 5.41) is 8.95. The maximum absolute atomic E-state index is 13.1. The quantitative estimate of drug-likeness (QED) is 0.892. The number of carbonyl (C=O) groups is 1. The highest BCUT2D eigenvalue weighted by Crippen LogP contribution is 2.30. The van der Waals surface area contributed by atoms with Crippen LogP contribution in [0.5, 0.6) is 0 Å². The van der Waals surface area contributed by atoms with E-state index < -0.39 is 11.8 Å². The zero-order chi connectivity index (χ0) is 13.1. The van der Waals surface area contributed by atoms with E-state index in [1.54, 1.807) is 24.5 Å². The first-order chi connectivity index (χ1) is 8.58. The Hall–Kier alpha value is -1.81. The van der Waals surface area contributed by atoms with Crippen LogP contribution in [-0.2, 0) is 4.79 Å². The molecule has 0 fully saturated rings. The SMILES string of the molecule is O=C(O)CC(c1cc[nH]c1)c1ccc(F)c(Cl)c1. The highest BCUT2D eigenvalue weighted by molar-refractivity contribution is 6.30. The summed E-state index contributed by atoms with van der Waals surface area (Å²) in [6.07, 6.45) is 3.37. The molecule has 1 unspecified atom stereocenters. The van der Waals surface area contributed by atoms with E-state index in [0.717, 1.165) is 5.56 Å². The Morgan fingerprint density at radius 1 is 1.39 bits per heavy atom. The van der Waals surface area contributed by atoms with Crippen molar-refractivity contribution in [2.24, 2.45) is 0 Å². The van der Waals surface area contributed by atoms with Crippen LogP contribution in [0, 0.1) is 5.82 Å². The van der Waals surface area contributed by atoms with Crippen LogP contribution in [0.15, 0.2) is 36.7 Å². The third-order valence-corrected chi connectivity index (χ3v) is 3.04. The predicted octanol–water partition coefficient (Wildman–Crippen LogP) is 3.41. The Bertz CT molecular complexity index is 554. The lowest BCUT2D eigenvalue weighted by atomic mass is 9.90. The molecule has 18 heavy (non-hydrogen) atoms. The van der Waals surface area contributed by atoms with Gasteiger partial charge in [0, 0.05) is 18.3 Å². The summed E-state index contributed by atoms with van der Waals surface area (Å²) in [6, 6.07) is 6.07. The minimum Gasteiger partial charge on any atom is -0.481 e. The van der Waals surface area contributed by atoms with Crippen LogP contribution in [0.1, 0.15) is 23.5 Å². The Morgan fingerprint density at radius 3 is 2.72 bits per heavy atom. The molecule has 5 heteroatoms. The Morgan fingerprint density at radius 2 is 2.17 bits per heavy atom. The van der Waals surface area contributed by atoms with Crippen molar-refractivity contribution < 1.29 is 14.3 Å². The van der Waals surface area contributed by atoms with Gasteiger partial charge in [-0.1, -0.05) is 17.7 Å². The summed E-state index contributed by atoms with van der Waals surface area (Å²) in [6.45, 7) is 0. The largest absolute Gasteiger partial charge is 0.481 e. The average Bonchev–Trinajstić information content (AvgIpc) is 2.83. The molecule has 0 saturated carbocycles. The lowest BCUT2D eigenvalue weighted by Crippen LogP contribution is -2.07. The van der Waals surface area contributed by atoms with Crippen LogP contribution in [0.25, 0.3) is 0 Å². The number of hydrogen-bond acceptors (Lipinski definition) is 1. The van der Waals surface area contributed by atoms with E-state index in [1.165, 1.54) is 12.1 Å². The summed E-state index contributed by atoms with van der Waals surface area (Å²) in [4.78, 5) is 13.8. The molecule has 3 nitrogen and oxygen atoms in total. The van der Waals surface area contributed by atoms with Gasteiger partial charge in [0.15, 0.2) is 0 Å². The molecule has 1 aromatic carbocycles. The second-order valence-electron chi connectivity index (χ2n) is 3.97. The minimum atomic E-state index is -0.915. The fraction of sp³-hybridized carbons (Fsp3) is 0.154. The van der Waals surface area contributed by atoms with E-state index in [4.69, 9.17) is 16.7 Å². The fourth-order valence-corrected chi connectivity index (χ4v) is 2.07. The highest BCUT2D eigenvalue weighted by atomic mass is 35.5. The molecule has 0 radical (unpaired) electrons. The number of aliphatic carboxylic acids is 1. The van der Waals surface area contributed by atoms with Gasteiger partial charge in [-0.05, 0) is 29.3 Å². The Kier molecular flexibility index (Phi) is 3.67. The molecule has 0 saturated heterocycles. The number of carboxylic acid groups (broad SMARTS) is 1. The van der Waals surface area contributed by atoms with E-state index in [2.05, 4.69) is 4.98 Å². The number of H-pyrrole nitrogens is 1. The lowest BCUT2D eigenvalue weighted by Gasteiger charge is -2.14. The number of benzene rings is 1.